The molecule has 47 heavy (non-hydrogen) atoms. The van der Waals surface area contributed by atoms with E-state index in [1.165, 1.54) is 0 Å². The molecule has 12 heteroatoms. The third-order valence-electron chi connectivity index (χ3n) is 8.20. The number of nitrogens with one attached hydrogen (secondary N) is 3. The number of carbonyl (C=O) groups is 1. The standard InChI is InChI=1S/C35H48ClN7O3Si/c1-35(2,3)46-34(44)39-27-14-16-29(17-15-27)43(23-45-18-19-47(4,5)6)33-38-22-30-31(41-42-32(30)40-33)25-8-7-9-28(20-25)37-21-24-10-12-26(36)13-11-24/h7-13,20,22,27,29,37H,14-19,21,23H2,1-6H3,(H,39,44)(H,38,40,41,42). The number of aromatic amines is 1. The summed E-state index contributed by atoms with van der Waals surface area (Å²) in [5, 5.41) is 15.9. The number of halogens is 1. The number of carbonyl (C=O) groups excluding carboxylic acids is 1. The third kappa shape index (κ3) is 10.2. The van der Waals surface area contributed by atoms with E-state index in [0.717, 1.165) is 64.6 Å². The number of amides is 1. The molecular weight excluding hydrogens is 630 g/mol. The van der Waals surface area contributed by atoms with Crippen LogP contribution in [0.1, 0.15) is 52.0 Å². The molecule has 3 N–H and O–H groups in total. The number of ether oxygens (including phenoxy) is 2. The molecule has 1 amide bonds. The van der Waals surface area contributed by atoms with Crippen LogP contribution in [0.3, 0.4) is 0 Å². The molecule has 0 bridgehead atoms. The van der Waals surface area contributed by atoms with Crippen LogP contribution in [0.5, 0.6) is 0 Å². The van der Waals surface area contributed by atoms with Crippen molar-refractivity contribution in [1.82, 2.24) is 25.5 Å². The van der Waals surface area contributed by atoms with E-state index in [2.05, 4.69) is 57.5 Å². The molecule has 2 aromatic carbocycles. The summed E-state index contributed by atoms with van der Waals surface area (Å²) in [6.45, 7) is 14.5. The van der Waals surface area contributed by atoms with Gasteiger partial charge in [0.2, 0.25) is 5.95 Å². The summed E-state index contributed by atoms with van der Waals surface area (Å²) in [7, 11) is -1.24. The number of benzene rings is 2. The number of nitrogens with zero attached hydrogens (tertiary/aromatic N) is 4. The molecule has 0 spiro atoms. The van der Waals surface area contributed by atoms with Crippen molar-refractivity contribution in [3.8, 4) is 11.3 Å². The summed E-state index contributed by atoms with van der Waals surface area (Å²) < 4.78 is 11.7. The zero-order chi connectivity index (χ0) is 33.6. The number of anilines is 2. The third-order valence-corrected chi connectivity index (χ3v) is 10.2. The second-order valence-corrected chi connectivity index (χ2v) is 20.6. The fourth-order valence-electron chi connectivity index (χ4n) is 5.62. The minimum atomic E-state index is -1.24. The molecule has 5 rings (SSSR count). The summed E-state index contributed by atoms with van der Waals surface area (Å²) in [6.07, 6.45) is 4.93. The van der Waals surface area contributed by atoms with Crippen molar-refractivity contribution in [2.75, 3.05) is 23.6 Å². The monoisotopic (exact) mass is 677 g/mol. The van der Waals surface area contributed by atoms with Gasteiger partial charge in [-0.05, 0) is 82.3 Å². The lowest BCUT2D eigenvalue weighted by molar-refractivity contribution is 0.0488. The minimum Gasteiger partial charge on any atom is -0.444 e. The molecule has 0 radical (unpaired) electrons. The van der Waals surface area contributed by atoms with Crippen LogP contribution in [0.4, 0.5) is 16.4 Å². The normalized spacial score (nSPS) is 17.0. The summed E-state index contributed by atoms with van der Waals surface area (Å²) >= 11 is 6.04. The van der Waals surface area contributed by atoms with Crippen molar-refractivity contribution in [1.29, 1.82) is 0 Å². The molecule has 2 heterocycles. The summed E-state index contributed by atoms with van der Waals surface area (Å²) in [6, 6.07) is 17.4. The van der Waals surface area contributed by atoms with Crippen molar-refractivity contribution < 1.29 is 14.3 Å². The van der Waals surface area contributed by atoms with E-state index in [-0.39, 0.29) is 18.2 Å². The van der Waals surface area contributed by atoms with E-state index < -0.39 is 13.7 Å². The first kappa shape index (κ1) is 34.7. The summed E-state index contributed by atoms with van der Waals surface area (Å²) in [5.41, 5.74) is 4.09. The molecule has 1 saturated carbocycles. The molecule has 1 fully saturated rings. The van der Waals surface area contributed by atoms with E-state index in [1.807, 2.05) is 63.4 Å². The van der Waals surface area contributed by atoms with Crippen molar-refractivity contribution in [2.45, 2.75) is 96.4 Å². The number of hydrogen-bond acceptors (Lipinski definition) is 8. The number of hydrogen-bond donors (Lipinski definition) is 3. The van der Waals surface area contributed by atoms with Crippen LogP contribution in [0.15, 0.2) is 54.7 Å². The van der Waals surface area contributed by atoms with Gasteiger partial charge in [0.25, 0.3) is 0 Å². The van der Waals surface area contributed by atoms with Crippen molar-refractivity contribution in [3.05, 3.63) is 65.3 Å². The second kappa shape index (κ2) is 15.0. The van der Waals surface area contributed by atoms with Crippen molar-refractivity contribution in [3.63, 3.8) is 0 Å². The van der Waals surface area contributed by atoms with E-state index in [1.54, 1.807) is 0 Å². The molecule has 0 atom stereocenters. The Kier molecular flexibility index (Phi) is 11.1. The maximum absolute atomic E-state index is 12.4. The molecule has 0 aliphatic heterocycles. The summed E-state index contributed by atoms with van der Waals surface area (Å²) in [4.78, 5) is 24.3. The van der Waals surface area contributed by atoms with Crippen LogP contribution in [-0.4, -0.2) is 65.4 Å². The van der Waals surface area contributed by atoms with Crippen LogP contribution >= 0.6 is 11.6 Å². The number of aromatic nitrogens is 4. The Bertz CT molecular complexity index is 1630. The minimum absolute atomic E-state index is 0.0736. The lowest BCUT2D eigenvalue weighted by atomic mass is 9.90. The SMILES string of the molecule is CC(C)(C)OC(=O)NC1CCC(N(COCC[Si](C)(C)C)c2ncc3c(-c4cccc(NCc5ccc(Cl)cc5)c4)[nH]nc3n2)CC1. The Morgan fingerprint density at radius 2 is 1.83 bits per heavy atom. The second-order valence-electron chi connectivity index (χ2n) is 14.5. The Hall–Kier alpha value is -3.67. The Morgan fingerprint density at radius 3 is 2.53 bits per heavy atom. The highest BCUT2D eigenvalue weighted by Gasteiger charge is 2.30. The van der Waals surface area contributed by atoms with Gasteiger partial charge in [0.15, 0.2) is 5.65 Å². The Morgan fingerprint density at radius 1 is 1.09 bits per heavy atom. The summed E-state index contributed by atoms with van der Waals surface area (Å²) in [5.74, 6) is 0.602. The number of rotatable bonds is 12. The van der Waals surface area contributed by atoms with Crippen LogP contribution < -0.4 is 15.5 Å². The maximum atomic E-state index is 12.4. The molecule has 2 aromatic heterocycles. The molecule has 0 unspecified atom stereocenters. The zero-order valence-electron chi connectivity index (χ0n) is 28.4. The fourth-order valence-corrected chi connectivity index (χ4v) is 6.50. The molecule has 0 saturated heterocycles. The van der Waals surface area contributed by atoms with E-state index in [0.29, 0.717) is 31.5 Å². The highest BCUT2D eigenvalue weighted by Crippen LogP contribution is 2.31. The first-order valence-corrected chi connectivity index (χ1v) is 20.6. The van der Waals surface area contributed by atoms with Gasteiger partial charge >= 0.3 is 6.09 Å². The Labute approximate surface area is 284 Å². The predicted molar refractivity (Wildman–Crippen MR) is 193 cm³/mol. The maximum Gasteiger partial charge on any atom is 0.407 e. The van der Waals surface area contributed by atoms with Crippen molar-refractivity contribution >= 4 is 48.4 Å². The molecule has 252 valence electrons. The number of fused-ring (bicyclic) bond motifs is 1. The van der Waals surface area contributed by atoms with Crippen molar-refractivity contribution in [2.24, 2.45) is 0 Å². The van der Waals surface area contributed by atoms with E-state index in [4.69, 9.17) is 31.0 Å². The van der Waals surface area contributed by atoms with Crippen LogP contribution in [0, 0.1) is 0 Å². The molecule has 1 aliphatic rings. The van der Waals surface area contributed by atoms with Gasteiger partial charge in [-0.15, -0.1) is 0 Å². The molecular formula is C35H48ClN7O3Si. The van der Waals surface area contributed by atoms with Gasteiger partial charge < -0.3 is 25.0 Å². The fraction of sp³-hybridized carbons (Fsp3) is 0.486. The van der Waals surface area contributed by atoms with Gasteiger partial charge in [-0.3, -0.25) is 5.10 Å². The smallest absolute Gasteiger partial charge is 0.407 e. The first-order chi connectivity index (χ1) is 22.3. The largest absolute Gasteiger partial charge is 0.444 e. The lowest BCUT2D eigenvalue weighted by Crippen LogP contribution is -2.46. The topological polar surface area (TPSA) is 117 Å². The first-order valence-electron chi connectivity index (χ1n) is 16.5. The lowest BCUT2D eigenvalue weighted by Gasteiger charge is -2.37. The van der Waals surface area contributed by atoms with Gasteiger partial charge in [0.05, 0.1) is 11.1 Å². The van der Waals surface area contributed by atoms with E-state index >= 15 is 0 Å². The van der Waals surface area contributed by atoms with Crippen LogP contribution in [0.2, 0.25) is 30.7 Å². The van der Waals surface area contributed by atoms with Gasteiger partial charge in [0.1, 0.15) is 12.3 Å². The zero-order valence-corrected chi connectivity index (χ0v) is 30.2. The van der Waals surface area contributed by atoms with Gasteiger partial charge in [-0.2, -0.15) is 10.1 Å². The quantitative estimate of drug-likeness (QED) is 0.0780. The average molecular weight is 678 g/mol. The highest BCUT2D eigenvalue weighted by molar-refractivity contribution is 6.76. The van der Waals surface area contributed by atoms with Crippen LogP contribution in [0.25, 0.3) is 22.3 Å². The van der Waals surface area contributed by atoms with Crippen LogP contribution in [-0.2, 0) is 16.0 Å². The molecule has 4 aromatic rings. The average Bonchev–Trinajstić information content (AvgIpc) is 3.43. The number of H-pyrrole nitrogens is 1. The molecule has 1 aliphatic carbocycles. The predicted octanol–water partition coefficient (Wildman–Crippen LogP) is 8.24. The van der Waals surface area contributed by atoms with Gasteiger partial charge in [-0.1, -0.05) is 55.5 Å². The Balaban J connectivity index is 1.29. The van der Waals surface area contributed by atoms with Gasteiger partial charge in [0, 0.05) is 55.8 Å². The van der Waals surface area contributed by atoms with E-state index in [9.17, 15) is 4.79 Å². The van der Waals surface area contributed by atoms with Gasteiger partial charge in [-0.25, -0.2) is 9.78 Å². The molecule has 10 nitrogen and oxygen atoms in total. The highest BCUT2D eigenvalue weighted by atomic mass is 35.5. The number of alkyl carbamates (subject to hydrolysis) is 1.